The molecule has 4 rings (SSSR count). The van der Waals surface area contributed by atoms with Crippen LogP contribution in [0.4, 0.5) is 0 Å². The molecule has 4 heteroatoms. The maximum Gasteiger partial charge on any atom is 0.177 e. The van der Waals surface area contributed by atoms with Crippen LogP contribution in [0.1, 0.15) is 43.2 Å². The van der Waals surface area contributed by atoms with Crippen LogP contribution in [0.15, 0.2) is 17.8 Å². The number of hydrogen-bond donors (Lipinski definition) is 0. The molecule has 1 saturated heterocycles. The average molecular weight is 327 g/mol. The zero-order valence-corrected chi connectivity index (χ0v) is 13.8. The van der Waals surface area contributed by atoms with E-state index >= 15 is 0 Å². The Balaban J connectivity index is 1.73. The van der Waals surface area contributed by atoms with E-state index in [1.165, 1.54) is 32.1 Å². The van der Waals surface area contributed by atoms with Crippen LogP contribution in [0, 0.1) is 17.8 Å². The number of piperidine rings is 1. The first-order valence-corrected chi connectivity index (χ1v) is 8.63. The molecule has 2 fully saturated rings. The van der Waals surface area contributed by atoms with Crippen molar-refractivity contribution in [2.24, 2.45) is 5.41 Å². The van der Waals surface area contributed by atoms with Gasteiger partial charge in [-0.15, -0.1) is 6.42 Å². The largest absolute Gasteiger partial charge is 0.370 e. The Bertz CT molecular complexity index is 745. The number of aromatic nitrogens is 1. The number of hydrogen-bond acceptors (Lipinski definition) is 3. The van der Waals surface area contributed by atoms with Gasteiger partial charge in [0, 0.05) is 31.3 Å². The van der Waals surface area contributed by atoms with Crippen LogP contribution in [0.5, 0.6) is 0 Å². The molecular formula is C19H19ClN2O. The molecule has 23 heavy (non-hydrogen) atoms. The van der Waals surface area contributed by atoms with Gasteiger partial charge in [-0.1, -0.05) is 23.9 Å². The van der Waals surface area contributed by atoms with E-state index in [1.54, 1.807) is 6.20 Å². The van der Waals surface area contributed by atoms with Gasteiger partial charge in [0.25, 0.3) is 0 Å². The number of allylic oxidation sites excluding steroid dienone is 1. The van der Waals surface area contributed by atoms with E-state index in [2.05, 4.69) is 15.8 Å². The van der Waals surface area contributed by atoms with Gasteiger partial charge in [-0.05, 0) is 42.7 Å². The van der Waals surface area contributed by atoms with Crippen LogP contribution in [0.2, 0.25) is 5.15 Å². The SMILES string of the molecule is C#CC1=C(N2CCC3(CCC3)CC2)c2cc(Cl)ncc2CC1=O. The molecule has 2 aliphatic carbocycles. The van der Waals surface area contributed by atoms with E-state index in [1.807, 2.05) is 6.07 Å². The zero-order chi connectivity index (χ0) is 16.0. The molecule has 3 aliphatic rings. The summed E-state index contributed by atoms with van der Waals surface area (Å²) in [5.41, 5.74) is 3.88. The van der Waals surface area contributed by atoms with E-state index in [0.717, 1.165) is 29.9 Å². The van der Waals surface area contributed by atoms with Crippen molar-refractivity contribution in [1.82, 2.24) is 9.88 Å². The summed E-state index contributed by atoms with van der Waals surface area (Å²) < 4.78 is 0. The third kappa shape index (κ3) is 2.37. The molecule has 1 spiro atoms. The first-order valence-electron chi connectivity index (χ1n) is 8.26. The highest BCUT2D eigenvalue weighted by Crippen LogP contribution is 2.50. The van der Waals surface area contributed by atoms with Crippen molar-refractivity contribution in [3.8, 4) is 12.3 Å². The Morgan fingerprint density at radius 3 is 2.61 bits per heavy atom. The van der Waals surface area contributed by atoms with Crippen LogP contribution in [0.3, 0.4) is 0 Å². The molecule has 0 amide bonds. The number of likely N-dealkylation sites (tertiary alicyclic amines) is 1. The molecule has 1 aromatic rings. The van der Waals surface area contributed by atoms with Crippen molar-refractivity contribution in [1.29, 1.82) is 0 Å². The summed E-state index contributed by atoms with van der Waals surface area (Å²) in [5.74, 6) is 2.65. The number of carbonyl (C=O) groups is 1. The highest BCUT2D eigenvalue weighted by atomic mass is 35.5. The molecule has 0 unspecified atom stereocenters. The molecule has 0 aromatic carbocycles. The lowest BCUT2D eigenvalue weighted by Gasteiger charge is -2.49. The van der Waals surface area contributed by atoms with Crippen molar-refractivity contribution in [3.05, 3.63) is 34.1 Å². The van der Waals surface area contributed by atoms with Gasteiger partial charge < -0.3 is 4.90 Å². The van der Waals surface area contributed by atoms with E-state index in [-0.39, 0.29) is 5.78 Å². The maximum atomic E-state index is 12.4. The maximum absolute atomic E-state index is 12.4. The molecule has 118 valence electrons. The Labute approximate surface area is 141 Å². The van der Waals surface area contributed by atoms with Crippen molar-refractivity contribution in [2.45, 2.75) is 38.5 Å². The van der Waals surface area contributed by atoms with Crippen LogP contribution in [-0.4, -0.2) is 28.8 Å². The number of carbonyl (C=O) groups excluding carboxylic acids is 1. The quantitative estimate of drug-likeness (QED) is 0.585. The zero-order valence-electron chi connectivity index (χ0n) is 13.1. The molecule has 2 heterocycles. The van der Waals surface area contributed by atoms with Gasteiger partial charge in [0.2, 0.25) is 0 Å². The topological polar surface area (TPSA) is 33.2 Å². The van der Waals surface area contributed by atoms with E-state index in [4.69, 9.17) is 18.0 Å². The van der Waals surface area contributed by atoms with Gasteiger partial charge in [0.1, 0.15) is 5.15 Å². The Morgan fingerprint density at radius 2 is 2.00 bits per heavy atom. The van der Waals surface area contributed by atoms with Crippen LogP contribution in [-0.2, 0) is 11.2 Å². The Kier molecular flexibility index (Phi) is 3.46. The lowest BCUT2D eigenvalue weighted by Crippen LogP contribution is -2.43. The molecule has 3 nitrogen and oxygen atoms in total. The van der Waals surface area contributed by atoms with Gasteiger partial charge in [0.15, 0.2) is 5.78 Å². The van der Waals surface area contributed by atoms with Gasteiger partial charge in [-0.25, -0.2) is 4.98 Å². The highest BCUT2D eigenvalue weighted by Gasteiger charge is 2.41. The van der Waals surface area contributed by atoms with Crippen LogP contribution < -0.4 is 0 Å². The first kappa shape index (κ1) is 14.8. The lowest BCUT2D eigenvalue weighted by molar-refractivity contribution is -0.114. The van der Waals surface area contributed by atoms with Gasteiger partial charge in [-0.3, -0.25) is 4.79 Å². The summed E-state index contributed by atoms with van der Waals surface area (Å²) in [4.78, 5) is 18.9. The molecule has 0 N–H and O–H groups in total. The van der Waals surface area contributed by atoms with Crippen molar-refractivity contribution in [3.63, 3.8) is 0 Å². The summed E-state index contributed by atoms with van der Waals surface area (Å²) in [6.45, 7) is 1.93. The molecule has 1 aromatic heterocycles. The second kappa shape index (κ2) is 5.39. The van der Waals surface area contributed by atoms with Gasteiger partial charge in [0.05, 0.1) is 11.3 Å². The minimum Gasteiger partial charge on any atom is -0.370 e. The molecule has 0 atom stereocenters. The fourth-order valence-electron chi connectivity index (χ4n) is 4.21. The predicted octanol–water partition coefficient (Wildman–Crippen LogP) is 3.47. The number of fused-ring (bicyclic) bond motifs is 1. The van der Waals surface area contributed by atoms with Crippen LogP contribution in [0.25, 0.3) is 5.70 Å². The molecular weight excluding hydrogens is 308 g/mol. The first-order chi connectivity index (χ1) is 11.1. The number of halogens is 1. The van der Waals surface area contributed by atoms with Gasteiger partial charge in [-0.2, -0.15) is 0 Å². The average Bonchev–Trinajstić information content (AvgIpc) is 2.53. The highest BCUT2D eigenvalue weighted by molar-refractivity contribution is 6.29. The number of nitrogens with zero attached hydrogens (tertiary/aromatic N) is 2. The summed E-state index contributed by atoms with van der Waals surface area (Å²) in [6.07, 6.45) is 14.2. The van der Waals surface area contributed by atoms with E-state index in [9.17, 15) is 4.79 Å². The predicted molar refractivity (Wildman–Crippen MR) is 90.8 cm³/mol. The monoisotopic (exact) mass is 326 g/mol. The molecule has 1 aliphatic heterocycles. The molecule has 1 saturated carbocycles. The fourth-order valence-corrected chi connectivity index (χ4v) is 4.36. The molecule has 0 bridgehead atoms. The third-order valence-electron chi connectivity index (χ3n) is 5.77. The second-order valence-corrected chi connectivity index (χ2v) is 7.36. The normalized spacial score (nSPS) is 22.6. The standard InChI is InChI=1S/C19H19ClN2O/c1-2-14-16(23)10-13-12-21-17(20)11-15(13)18(14)22-8-6-19(7-9-22)4-3-5-19/h1,11-12H,3-10H2. The van der Waals surface area contributed by atoms with Crippen molar-refractivity contribution < 1.29 is 4.79 Å². The fraction of sp³-hybridized carbons (Fsp3) is 0.474. The minimum absolute atomic E-state index is 0.0167. The number of Topliss-reactive ketones (excluding diaryl/α,β-unsaturated/α-hetero) is 1. The van der Waals surface area contributed by atoms with Crippen molar-refractivity contribution in [2.75, 3.05) is 13.1 Å². The van der Waals surface area contributed by atoms with Gasteiger partial charge >= 0.3 is 0 Å². The minimum atomic E-state index is 0.0167. The summed E-state index contributed by atoms with van der Waals surface area (Å²) in [6, 6.07) is 1.85. The Morgan fingerprint density at radius 1 is 1.26 bits per heavy atom. The lowest BCUT2D eigenvalue weighted by atomic mass is 9.63. The number of pyridine rings is 1. The third-order valence-corrected chi connectivity index (χ3v) is 5.98. The number of terminal acetylenes is 1. The number of ketones is 1. The number of rotatable bonds is 1. The van der Waals surface area contributed by atoms with Crippen molar-refractivity contribution >= 4 is 23.1 Å². The van der Waals surface area contributed by atoms with Crippen LogP contribution >= 0.6 is 11.6 Å². The second-order valence-electron chi connectivity index (χ2n) is 6.97. The smallest absolute Gasteiger partial charge is 0.177 e. The Hall–Kier alpha value is -1.79. The summed E-state index contributed by atoms with van der Waals surface area (Å²) >= 11 is 6.10. The summed E-state index contributed by atoms with van der Waals surface area (Å²) in [7, 11) is 0. The molecule has 0 radical (unpaired) electrons. The summed E-state index contributed by atoms with van der Waals surface area (Å²) in [5, 5.41) is 0.444. The van der Waals surface area contributed by atoms with E-state index in [0.29, 0.717) is 22.6 Å². The van der Waals surface area contributed by atoms with E-state index < -0.39 is 0 Å².